The average molecular weight is 502 g/mol. The second kappa shape index (κ2) is 9.87. The van der Waals surface area contributed by atoms with Crippen molar-refractivity contribution in [1.82, 2.24) is 4.57 Å². The monoisotopic (exact) mass is 501 g/mol. The number of hydrogen-bond acceptors (Lipinski definition) is 2. The van der Waals surface area contributed by atoms with Crippen LogP contribution in [0.3, 0.4) is 0 Å². The van der Waals surface area contributed by atoms with Gasteiger partial charge in [0.2, 0.25) is 0 Å². The lowest BCUT2D eigenvalue weighted by molar-refractivity contribution is -0.132. The number of hydrogen-bond donors (Lipinski definition) is 1. The third kappa shape index (κ3) is 5.08. The van der Waals surface area contributed by atoms with E-state index in [-0.39, 0.29) is 22.8 Å². The van der Waals surface area contributed by atoms with E-state index in [1.54, 1.807) is 30.4 Å². The highest BCUT2D eigenvalue weighted by Crippen LogP contribution is 2.37. The first-order valence-corrected chi connectivity index (χ1v) is 11.0. The SMILES string of the molecule is Cc1ccc(-c2cc(Cl)ccc2OCc2ccc(F)cc2F)n1C1=CC(Cl)=CC(C(=O)O)=CC1. The molecule has 3 aromatic rings. The zero-order chi connectivity index (χ0) is 24.4. The minimum absolute atomic E-state index is 0.107. The van der Waals surface area contributed by atoms with Crippen molar-refractivity contribution in [3.05, 3.63) is 105 Å². The summed E-state index contributed by atoms with van der Waals surface area (Å²) in [5.74, 6) is -1.96. The van der Waals surface area contributed by atoms with Crippen molar-refractivity contribution in [2.24, 2.45) is 0 Å². The van der Waals surface area contributed by atoms with E-state index in [0.29, 0.717) is 22.8 Å². The van der Waals surface area contributed by atoms with Gasteiger partial charge < -0.3 is 14.4 Å². The highest BCUT2D eigenvalue weighted by molar-refractivity contribution is 6.32. The minimum Gasteiger partial charge on any atom is -0.488 e. The highest BCUT2D eigenvalue weighted by Gasteiger charge is 2.18. The Hall–Kier alpha value is -3.35. The maximum absolute atomic E-state index is 14.1. The van der Waals surface area contributed by atoms with Gasteiger partial charge >= 0.3 is 5.97 Å². The molecular weight excluding hydrogens is 483 g/mol. The molecule has 0 saturated heterocycles. The van der Waals surface area contributed by atoms with E-state index in [9.17, 15) is 18.7 Å². The lowest BCUT2D eigenvalue weighted by atomic mass is 10.1. The second-order valence-electron chi connectivity index (χ2n) is 7.69. The topological polar surface area (TPSA) is 51.5 Å². The molecule has 0 amide bonds. The summed E-state index contributed by atoms with van der Waals surface area (Å²) in [5.41, 5.74) is 3.34. The van der Waals surface area contributed by atoms with Gasteiger partial charge in [0, 0.05) is 45.1 Å². The van der Waals surface area contributed by atoms with E-state index in [1.807, 2.05) is 23.6 Å². The number of carbonyl (C=O) groups is 1. The van der Waals surface area contributed by atoms with Crippen LogP contribution in [0.5, 0.6) is 5.75 Å². The summed E-state index contributed by atoms with van der Waals surface area (Å²) in [7, 11) is 0. The summed E-state index contributed by atoms with van der Waals surface area (Å²) in [6, 6.07) is 12.2. The largest absolute Gasteiger partial charge is 0.488 e. The number of halogens is 4. The Balaban J connectivity index is 1.73. The van der Waals surface area contributed by atoms with Gasteiger partial charge in [0.05, 0.1) is 11.3 Å². The number of aromatic nitrogens is 1. The number of aryl methyl sites for hydroxylation is 1. The molecule has 0 fully saturated rings. The number of benzene rings is 2. The van der Waals surface area contributed by atoms with Crippen LogP contribution in [0.25, 0.3) is 17.0 Å². The van der Waals surface area contributed by atoms with Crippen LogP contribution in [0.15, 0.2) is 77.4 Å². The van der Waals surface area contributed by atoms with Crippen molar-refractivity contribution in [3.63, 3.8) is 0 Å². The Bertz CT molecular complexity index is 1370. The highest BCUT2D eigenvalue weighted by atomic mass is 35.5. The number of carboxylic acid groups (broad SMARTS) is 1. The molecule has 1 aliphatic rings. The summed E-state index contributed by atoms with van der Waals surface area (Å²) >= 11 is 12.6. The van der Waals surface area contributed by atoms with Gasteiger partial charge in [0.15, 0.2) is 0 Å². The Kier molecular flexibility index (Phi) is 6.91. The molecular formula is C26H19Cl2F2NO3. The minimum atomic E-state index is -1.06. The molecule has 1 aromatic heterocycles. The van der Waals surface area contributed by atoms with Crippen LogP contribution in [0.4, 0.5) is 8.78 Å². The van der Waals surface area contributed by atoms with Gasteiger partial charge in [-0.2, -0.15) is 0 Å². The van der Waals surface area contributed by atoms with E-state index in [2.05, 4.69) is 0 Å². The predicted octanol–water partition coefficient (Wildman–Crippen LogP) is 7.35. The van der Waals surface area contributed by atoms with Crippen molar-refractivity contribution < 1.29 is 23.4 Å². The van der Waals surface area contributed by atoms with Crippen LogP contribution in [0.2, 0.25) is 5.02 Å². The maximum Gasteiger partial charge on any atom is 0.335 e. The summed E-state index contributed by atoms with van der Waals surface area (Å²) in [5, 5.41) is 10.1. The zero-order valence-electron chi connectivity index (χ0n) is 18.0. The first-order valence-electron chi connectivity index (χ1n) is 10.3. The van der Waals surface area contributed by atoms with E-state index in [0.717, 1.165) is 23.2 Å². The van der Waals surface area contributed by atoms with Gasteiger partial charge in [-0.25, -0.2) is 13.6 Å². The van der Waals surface area contributed by atoms with Gasteiger partial charge in [-0.3, -0.25) is 0 Å². The molecule has 174 valence electrons. The van der Waals surface area contributed by atoms with Crippen molar-refractivity contribution in [1.29, 1.82) is 0 Å². The molecule has 1 aliphatic carbocycles. The molecule has 0 atom stereocenters. The molecule has 0 radical (unpaired) electrons. The van der Waals surface area contributed by atoms with Crippen molar-refractivity contribution >= 4 is 34.9 Å². The molecule has 1 N–H and O–H groups in total. The molecule has 0 saturated carbocycles. The van der Waals surface area contributed by atoms with Crippen LogP contribution in [-0.2, 0) is 11.4 Å². The molecule has 1 heterocycles. The molecule has 2 aromatic carbocycles. The molecule has 0 bridgehead atoms. The number of carboxylic acids is 1. The third-order valence-electron chi connectivity index (χ3n) is 5.36. The number of nitrogens with zero attached hydrogens (tertiary/aromatic N) is 1. The van der Waals surface area contributed by atoms with Gasteiger partial charge in [-0.15, -0.1) is 0 Å². The van der Waals surface area contributed by atoms with Crippen LogP contribution in [0, 0.1) is 18.6 Å². The smallest absolute Gasteiger partial charge is 0.335 e. The molecule has 0 aliphatic heterocycles. The van der Waals surface area contributed by atoms with Crippen molar-refractivity contribution in [2.45, 2.75) is 20.0 Å². The molecule has 34 heavy (non-hydrogen) atoms. The van der Waals surface area contributed by atoms with Crippen LogP contribution in [-0.4, -0.2) is 15.6 Å². The molecule has 0 spiro atoms. The Morgan fingerprint density at radius 3 is 2.62 bits per heavy atom. The Labute approximate surface area is 205 Å². The normalized spacial score (nSPS) is 13.6. The van der Waals surface area contributed by atoms with E-state index >= 15 is 0 Å². The predicted molar refractivity (Wildman–Crippen MR) is 129 cm³/mol. The molecule has 8 heteroatoms. The van der Waals surface area contributed by atoms with Crippen LogP contribution in [0.1, 0.15) is 17.7 Å². The standard InChI is InChI=1S/C26H19Cl2F2NO3/c1-15-2-8-24(31(15)21-7-4-16(26(32)33)10-19(28)11-21)22-12-18(27)5-9-25(22)34-14-17-3-6-20(29)13-23(17)30/h2-6,8-13H,7,14H2,1H3,(H,32,33). The summed E-state index contributed by atoms with van der Waals surface area (Å²) in [6.07, 6.45) is 5.04. The fourth-order valence-corrected chi connectivity index (χ4v) is 4.15. The van der Waals surface area contributed by atoms with E-state index < -0.39 is 17.6 Å². The second-order valence-corrected chi connectivity index (χ2v) is 8.57. The molecule has 4 rings (SSSR count). The third-order valence-corrected chi connectivity index (χ3v) is 5.81. The Morgan fingerprint density at radius 1 is 1.09 bits per heavy atom. The van der Waals surface area contributed by atoms with Crippen LogP contribution < -0.4 is 4.74 Å². The van der Waals surface area contributed by atoms with Gasteiger partial charge in [-0.1, -0.05) is 29.3 Å². The lowest BCUT2D eigenvalue weighted by Gasteiger charge is -2.18. The summed E-state index contributed by atoms with van der Waals surface area (Å²) in [4.78, 5) is 11.4. The Morgan fingerprint density at radius 2 is 1.88 bits per heavy atom. The number of rotatable bonds is 6. The lowest BCUT2D eigenvalue weighted by Crippen LogP contribution is -2.04. The van der Waals surface area contributed by atoms with Gasteiger partial charge in [0.1, 0.15) is 24.0 Å². The summed E-state index contributed by atoms with van der Waals surface area (Å²) < 4.78 is 35.2. The average Bonchev–Trinajstić information content (AvgIpc) is 3.05. The fraction of sp³-hybridized carbons (Fsp3) is 0.115. The molecule has 0 unspecified atom stereocenters. The number of ether oxygens (including phenoxy) is 1. The number of allylic oxidation sites excluding steroid dienone is 4. The fourth-order valence-electron chi connectivity index (χ4n) is 3.74. The maximum atomic E-state index is 14.1. The van der Waals surface area contributed by atoms with Gasteiger partial charge in [0.25, 0.3) is 0 Å². The first kappa shape index (κ1) is 23.8. The van der Waals surface area contributed by atoms with Gasteiger partial charge in [-0.05, 0) is 61.5 Å². The van der Waals surface area contributed by atoms with E-state index in [4.69, 9.17) is 27.9 Å². The zero-order valence-corrected chi connectivity index (χ0v) is 19.5. The van der Waals surface area contributed by atoms with Crippen molar-refractivity contribution in [3.8, 4) is 17.0 Å². The van der Waals surface area contributed by atoms with Crippen LogP contribution >= 0.6 is 23.2 Å². The molecule has 4 nitrogen and oxygen atoms in total. The van der Waals surface area contributed by atoms with E-state index in [1.165, 1.54) is 18.2 Å². The first-order chi connectivity index (χ1) is 16.2. The number of aliphatic carboxylic acids is 1. The quantitative estimate of drug-likeness (QED) is 0.384. The summed E-state index contributed by atoms with van der Waals surface area (Å²) in [6.45, 7) is 1.80. The van der Waals surface area contributed by atoms with Crippen molar-refractivity contribution in [2.75, 3.05) is 0 Å².